The molecule has 0 radical (unpaired) electrons. The zero-order chi connectivity index (χ0) is 24.0. The largest absolute Gasteiger partial charge is 0.394 e. The third-order valence-electron chi connectivity index (χ3n) is 6.51. The zero-order valence-corrected chi connectivity index (χ0v) is 21.9. The molecule has 0 aliphatic heterocycles. The summed E-state index contributed by atoms with van der Waals surface area (Å²) in [7, 11) is 0. The number of hydrogen-bond acceptors (Lipinski definition) is 6. The van der Waals surface area contributed by atoms with Gasteiger partial charge in [0.05, 0.1) is 72.2 Å². The van der Waals surface area contributed by atoms with Gasteiger partial charge in [-0.1, -0.05) is 59.3 Å². The van der Waals surface area contributed by atoms with Crippen LogP contribution in [0.25, 0.3) is 0 Å². The zero-order valence-electron chi connectivity index (χ0n) is 21.9. The van der Waals surface area contributed by atoms with Crippen LogP contribution in [0.3, 0.4) is 0 Å². The smallest absolute Gasteiger partial charge is 0.0704 e. The van der Waals surface area contributed by atoms with E-state index >= 15 is 0 Å². The maximum Gasteiger partial charge on any atom is 0.0704 e. The Morgan fingerprint density at radius 3 is 1.70 bits per heavy atom. The molecule has 198 valence electrons. The topological polar surface area (TPSA) is 66.4 Å². The third kappa shape index (κ3) is 19.7. The van der Waals surface area contributed by atoms with Gasteiger partial charge in [0.2, 0.25) is 0 Å². The highest BCUT2D eigenvalue weighted by atomic mass is 16.6. The van der Waals surface area contributed by atoms with Crippen LogP contribution in [0.2, 0.25) is 0 Å². The van der Waals surface area contributed by atoms with Gasteiger partial charge in [-0.3, -0.25) is 0 Å². The van der Waals surface area contributed by atoms with Crippen molar-refractivity contribution in [1.29, 1.82) is 0 Å². The second-order valence-corrected chi connectivity index (χ2v) is 10.0. The number of aliphatic hydroxyl groups is 1. The van der Waals surface area contributed by atoms with Crippen molar-refractivity contribution < 1.29 is 28.8 Å². The van der Waals surface area contributed by atoms with Gasteiger partial charge < -0.3 is 28.8 Å². The van der Waals surface area contributed by atoms with Gasteiger partial charge in [-0.15, -0.1) is 0 Å². The summed E-state index contributed by atoms with van der Waals surface area (Å²) < 4.78 is 27.6. The molecule has 1 aliphatic rings. The molecule has 33 heavy (non-hydrogen) atoms. The first kappa shape index (κ1) is 30.8. The van der Waals surface area contributed by atoms with Gasteiger partial charge in [0.15, 0.2) is 0 Å². The van der Waals surface area contributed by atoms with Crippen LogP contribution in [-0.4, -0.2) is 77.3 Å². The average molecular weight is 475 g/mol. The Hall–Kier alpha value is -0.240. The van der Waals surface area contributed by atoms with E-state index in [0.29, 0.717) is 65.6 Å². The molecule has 1 atom stereocenters. The number of rotatable bonds is 23. The molecule has 1 rings (SSSR count). The minimum absolute atomic E-state index is 0.0493. The maximum atomic E-state index is 8.58. The van der Waals surface area contributed by atoms with Crippen molar-refractivity contribution >= 4 is 0 Å². The van der Waals surface area contributed by atoms with Gasteiger partial charge in [-0.05, 0) is 43.4 Å². The summed E-state index contributed by atoms with van der Waals surface area (Å²) in [5, 5.41) is 8.58. The molecule has 1 unspecified atom stereocenters. The lowest BCUT2D eigenvalue weighted by atomic mass is 9.83. The molecule has 0 spiro atoms. The van der Waals surface area contributed by atoms with Crippen molar-refractivity contribution in [3.8, 4) is 0 Å². The fraction of sp³-hybridized carbons (Fsp3) is 1.00. The van der Waals surface area contributed by atoms with E-state index in [-0.39, 0.29) is 6.61 Å². The number of ether oxygens (including phenoxy) is 5. The third-order valence-corrected chi connectivity index (χ3v) is 6.51. The molecule has 0 amide bonds. The average Bonchev–Trinajstić information content (AvgIpc) is 2.80. The van der Waals surface area contributed by atoms with Crippen LogP contribution in [0.15, 0.2) is 0 Å². The van der Waals surface area contributed by atoms with Crippen LogP contribution >= 0.6 is 0 Å². The number of aliphatic hydroxyl groups excluding tert-OH is 1. The molecule has 1 aliphatic carbocycles. The minimum atomic E-state index is 0.0493. The molecule has 6 nitrogen and oxygen atoms in total. The lowest BCUT2D eigenvalue weighted by Crippen LogP contribution is -2.23. The fourth-order valence-electron chi connectivity index (χ4n) is 4.46. The van der Waals surface area contributed by atoms with E-state index in [1.54, 1.807) is 0 Å². The van der Waals surface area contributed by atoms with Crippen LogP contribution in [0.5, 0.6) is 0 Å². The molecule has 0 aromatic heterocycles. The second kappa shape index (κ2) is 22.2. The first-order valence-electron chi connectivity index (χ1n) is 13.6. The monoisotopic (exact) mass is 474 g/mol. The lowest BCUT2D eigenvalue weighted by molar-refractivity contribution is -0.0335. The van der Waals surface area contributed by atoms with E-state index in [9.17, 15) is 0 Å². The summed E-state index contributed by atoms with van der Waals surface area (Å²) in [4.78, 5) is 0. The summed E-state index contributed by atoms with van der Waals surface area (Å²) in [6.07, 6.45) is 13.9. The number of hydrogen-bond donors (Lipinski definition) is 1. The van der Waals surface area contributed by atoms with E-state index < -0.39 is 0 Å². The van der Waals surface area contributed by atoms with Crippen molar-refractivity contribution in [3.63, 3.8) is 0 Å². The Kier molecular flexibility index (Phi) is 20.7. The first-order valence-corrected chi connectivity index (χ1v) is 13.6. The van der Waals surface area contributed by atoms with E-state index in [0.717, 1.165) is 17.8 Å². The Morgan fingerprint density at radius 2 is 1.15 bits per heavy atom. The van der Waals surface area contributed by atoms with Crippen LogP contribution < -0.4 is 0 Å². The predicted octanol–water partition coefficient (Wildman–Crippen LogP) is 5.25. The van der Waals surface area contributed by atoms with Crippen LogP contribution in [-0.2, 0) is 23.7 Å². The van der Waals surface area contributed by atoms with Crippen molar-refractivity contribution in [2.45, 2.75) is 91.1 Å². The van der Waals surface area contributed by atoms with Gasteiger partial charge >= 0.3 is 0 Å². The highest BCUT2D eigenvalue weighted by molar-refractivity contribution is 4.73. The summed E-state index contributed by atoms with van der Waals surface area (Å²) in [6, 6.07) is 0. The first-order chi connectivity index (χ1) is 16.1. The fourth-order valence-corrected chi connectivity index (χ4v) is 4.46. The summed E-state index contributed by atoms with van der Waals surface area (Å²) in [5.41, 5.74) is 0. The molecule has 0 saturated heterocycles. The molecular weight excluding hydrogens is 420 g/mol. The minimum Gasteiger partial charge on any atom is -0.394 e. The predicted molar refractivity (Wildman–Crippen MR) is 134 cm³/mol. The molecule has 0 aromatic rings. The van der Waals surface area contributed by atoms with E-state index in [4.69, 9.17) is 28.8 Å². The van der Waals surface area contributed by atoms with Crippen LogP contribution in [0, 0.1) is 17.8 Å². The molecule has 1 saturated carbocycles. The molecule has 0 heterocycles. The second-order valence-electron chi connectivity index (χ2n) is 10.0. The van der Waals surface area contributed by atoms with Gasteiger partial charge in [-0.2, -0.15) is 0 Å². The summed E-state index contributed by atoms with van der Waals surface area (Å²) in [6.45, 7) is 12.1. The van der Waals surface area contributed by atoms with E-state index in [1.165, 1.54) is 64.2 Å². The van der Waals surface area contributed by atoms with Crippen molar-refractivity contribution in [1.82, 2.24) is 0 Å². The molecule has 0 aromatic carbocycles. The quantitative estimate of drug-likeness (QED) is 0.204. The van der Waals surface area contributed by atoms with E-state index in [2.05, 4.69) is 20.8 Å². The van der Waals surface area contributed by atoms with Gasteiger partial charge in [0.25, 0.3) is 0 Å². The normalized spacial score (nSPS) is 19.9. The van der Waals surface area contributed by atoms with Gasteiger partial charge in [0.1, 0.15) is 0 Å². The van der Waals surface area contributed by atoms with Crippen molar-refractivity contribution in [2.24, 2.45) is 17.8 Å². The highest BCUT2D eigenvalue weighted by Crippen LogP contribution is 2.30. The Bertz CT molecular complexity index is 398. The van der Waals surface area contributed by atoms with Crippen LogP contribution in [0.1, 0.15) is 85.0 Å². The summed E-state index contributed by atoms with van der Waals surface area (Å²) >= 11 is 0. The molecular formula is C27H54O6. The van der Waals surface area contributed by atoms with Gasteiger partial charge in [0, 0.05) is 0 Å². The summed E-state index contributed by atoms with van der Waals surface area (Å²) in [5.74, 6) is 2.66. The Balaban J connectivity index is 1.82. The van der Waals surface area contributed by atoms with E-state index in [1.807, 2.05) is 0 Å². The molecule has 6 heteroatoms. The standard InChI is InChI=1S/C27H54O6/c1-24(2)6-4-7-25(3)8-5-9-26-10-12-27(13-11-26)33-23-22-32-21-20-31-19-18-30-17-16-29-15-14-28/h24-28H,4-23H2,1-3H3. The highest BCUT2D eigenvalue weighted by Gasteiger charge is 2.21. The van der Waals surface area contributed by atoms with Crippen molar-refractivity contribution in [3.05, 3.63) is 0 Å². The Morgan fingerprint density at radius 1 is 0.636 bits per heavy atom. The maximum absolute atomic E-state index is 8.58. The SMILES string of the molecule is CC(C)CCCC(C)CCCC1CCC(OCCOCCOCCOCCOCCO)CC1. The molecule has 1 fully saturated rings. The van der Waals surface area contributed by atoms with Crippen molar-refractivity contribution in [2.75, 3.05) is 66.1 Å². The van der Waals surface area contributed by atoms with Crippen LogP contribution in [0.4, 0.5) is 0 Å². The molecule has 1 N–H and O–H groups in total. The molecule has 0 bridgehead atoms. The Labute approximate surface area is 204 Å². The van der Waals surface area contributed by atoms with Gasteiger partial charge in [-0.25, -0.2) is 0 Å². The lowest BCUT2D eigenvalue weighted by Gasteiger charge is -2.28.